The van der Waals surface area contributed by atoms with Gasteiger partial charge < -0.3 is 4.74 Å². The molecule has 1 aliphatic rings. The van der Waals surface area contributed by atoms with Crippen molar-refractivity contribution in [2.75, 3.05) is 20.3 Å². The first-order chi connectivity index (χ1) is 9.91. The molecule has 1 aliphatic carbocycles. The summed E-state index contributed by atoms with van der Waals surface area (Å²) in [7, 11) is -1.89. The van der Waals surface area contributed by atoms with Crippen LogP contribution in [0.4, 0.5) is 0 Å². The molecular weight excluding hydrogens is 330 g/mol. The maximum Gasteiger partial charge on any atom is 0.252 e. The lowest BCUT2D eigenvalue weighted by atomic mass is 10.2. The Labute approximate surface area is 136 Å². The zero-order valence-corrected chi connectivity index (χ0v) is 15.0. The van der Waals surface area contributed by atoms with Gasteiger partial charge in [-0.1, -0.05) is 0 Å². The smallest absolute Gasteiger partial charge is 0.252 e. The maximum atomic E-state index is 12.9. The minimum Gasteiger partial charge on any atom is -0.383 e. The molecule has 1 fully saturated rings. The molecule has 1 aromatic heterocycles. The number of nitrogens with zero attached hydrogens (tertiary/aromatic N) is 1. The topological polar surface area (TPSA) is 46.6 Å². The molecule has 1 aromatic rings. The first-order valence-electron chi connectivity index (χ1n) is 7.07. The van der Waals surface area contributed by atoms with E-state index in [1.165, 1.54) is 11.3 Å². The number of thiophene rings is 1. The van der Waals surface area contributed by atoms with E-state index in [2.05, 4.69) is 0 Å². The predicted octanol–water partition coefficient (Wildman–Crippen LogP) is 3.23. The number of halogens is 1. The fourth-order valence-electron chi connectivity index (χ4n) is 2.40. The average molecular weight is 352 g/mol. The Bertz CT molecular complexity index is 581. The molecule has 4 nitrogen and oxygen atoms in total. The quantitative estimate of drug-likeness (QED) is 0.675. The van der Waals surface area contributed by atoms with Crippen molar-refractivity contribution in [2.24, 2.45) is 5.92 Å². The zero-order chi connectivity index (χ0) is 15.6. The molecule has 0 bridgehead atoms. The van der Waals surface area contributed by atoms with Gasteiger partial charge in [-0.05, 0) is 44.2 Å². The molecular formula is C14H22ClNO3S2. The van der Waals surface area contributed by atoms with E-state index in [1.54, 1.807) is 17.5 Å². The van der Waals surface area contributed by atoms with Crippen LogP contribution in [0.1, 0.15) is 30.2 Å². The number of rotatable bonds is 8. The van der Waals surface area contributed by atoms with Gasteiger partial charge in [-0.2, -0.15) is 4.31 Å². The van der Waals surface area contributed by atoms with Gasteiger partial charge in [0.1, 0.15) is 4.21 Å². The third kappa shape index (κ3) is 3.79. The van der Waals surface area contributed by atoms with Gasteiger partial charge in [0, 0.05) is 24.6 Å². The van der Waals surface area contributed by atoms with Gasteiger partial charge >= 0.3 is 0 Å². The van der Waals surface area contributed by atoms with E-state index in [-0.39, 0.29) is 6.04 Å². The lowest BCUT2D eigenvalue weighted by molar-refractivity contribution is 0.164. The fourth-order valence-corrected chi connectivity index (χ4v) is 6.02. The molecule has 7 heteroatoms. The van der Waals surface area contributed by atoms with E-state index in [9.17, 15) is 8.42 Å². The van der Waals surface area contributed by atoms with Gasteiger partial charge in [0.15, 0.2) is 0 Å². The minimum atomic E-state index is -3.48. The lowest BCUT2D eigenvalue weighted by Gasteiger charge is -2.27. The van der Waals surface area contributed by atoms with Crippen LogP contribution in [0.2, 0.25) is 0 Å². The zero-order valence-electron chi connectivity index (χ0n) is 12.6. The highest BCUT2D eigenvalue weighted by molar-refractivity contribution is 7.91. The molecule has 1 atom stereocenters. The highest BCUT2D eigenvalue weighted by atomic mass is 35.5. The Morgan fingerprint density at radius 2 is 2.19 bits per heavy atom. The molecule has 0 saturated heterocycles. The molecule has 0 spiro atoms. The number of methoxy groups -OCH3 is 1. The second-order valence-corrected chi connectivity index (χ2v) is 9.01. The highest BCUT2D eigenvalue weighted by Gasteiger charge is 2.38. The summed E-state index contributed by atoms with van der Waals surface area (Å²) in [6, 6.07) is 1.75. The van der Waals surface area contributed by atoms with Crippen LogP contribution in [0.25, 0.3) is 0 Å². The Morgan fingerprint density at radius 3 is 2.67 bits per heavy atom. The molecule has 0 amide bonds. The third-order valence-electron chi connectivity index (χ3n) is 3.96. The SMILES string of the molecule is COCCN(C(C)C1CC1)S(=O)(=O)c1cc(C)c(CCl)s1. The van der Waals surface area contributed by atoms with E-state index < -0.39 is 10.0 Å². The summed E-state index contributed by atoms with van der Waals surface area (Å²) in [6.45, 7) is 4.69. The van der Waals surface area contributed by atoms with Crippen molar-refractivity contribution in [3.63, 3.8) is 0 Å². The van der Waals surface area contributed by atoms with Crippen molar-refractivity contribution in [1.29, 1.82) is 0 Å². The molecule has 2 rings (SSSR count). The number of hydrogen-bond acceptors (Lipinski definition) is 4. The first kappa shape index (κ1) is 17.2. The van der Waals surface area contributed by atoms with Gasteiger partial charge in [-0.3, -0.25) is 0 Å². The fraction of sp³-hybridized carbons (Fsp3) is 0.714. The van der Waals surface area contributed by atoms with Crippen molar-refractivity contribution in [1.82, 2.24) is 4.31 Å². The van der Waals surface area contributed by atoms with Crippen molar-refractivity contribution in [3.05, 3.63) is 16.5 Å². The van der Waals surface area contributed by atoms with E-state index >= 15 is 0 Å². The van der Waals surface area contributed by atoms with Gasteiger partial charge in [0.25, 0.3) is 10.0 Å². The van der Waals surface area contributed by atoms with Crippen LogP contribution >= 0.6 is 22.9 Å². The molecule has 1 heterocycles. The molecule has 0 N–H and O–H groups in total. The average Bonchev–Trinajstić information content (AvgIpc) is 3.21. The minimum absolute atomic E-state index is 0.0204. The monoisotopic (exact) mass is 351 g/mol. The molecule has 0 aliphatic heterocycles. The maximum absolute atomic E-state index is 12.9. The summed E-state index contributed by atoms with van der Waals surface area (Å²) in [4.78, 5) is 0.918. The lowest BCUT2D eigenvalue weighted by Crippen LogP contribution is -2.41. The number of alkyl halides is 1. The number of hydrogen-bond donors (Lipinski definition) is 0. The molecule has 0 aromatic carbocycles. The van der Waals surface area contributed by atoms with Gasteiger partial charge in [-0.25, -0.2) is 8.42 Å². The standard InChI is InChI=1S/C14H22ClNO3S2/c1-10-8-14(20-13(10)9-15)21(17,18)16(6-7-19-3)11(2)12-4-5-12/h8,11-12H,4-7,9H2,1-3H3. The van der Waals surface area contributed by atoms with E-state index in [0.717, 1.165) is 23.3 Å². The number of sulfonamides is 1. The van der Waals surface area contributed by atoms with Crippen LogP contribution in [-0.2, 0) is 20.6 Å². The Balaban J connectivity index is 2.30. The summed E-state index contributed by atoms with van der Waals surface area (Å²) in [6.07, 6.45) is 2.22. The molecule has 0 radical (unpaired) electrons. The molecule has 120 valence electrons. The van der Waals surface area contributed by atoms with Crippen LogP contribution in [-0.4, -0.2) is 39.0 Å². The van der Waals surface area contributed by atoms with Gasteiger partial charge in [0.05, 0.1) is 12.5 Å². The number of aryl methyl sites for hydroxylation is 1. The normalized spacial score (nSPS) is 17.4. The van der Waals surface area contributed by atoms with Crippen LogP contribution in [0, 0.1) is 12.8 Å². The van der Waals surface area contributed by atoms with Gasteiger partial charge in [0.2, 0.25) is 0 Å². The number of ether oxygens (including phenoxy) is 1. The van der Waals surface area contributed by atoms with E-state index in [1.807, 2.05) is 13.8 Å². The predicted molar refractivity (Wildman–Crippen MR) is 86.6 cm³/mol. The Kier molecular flexibility index (Phi) is 5.71. The van der Waals surface area contributed by atoms with Crippen LogP contribution in [0.5, 0.6) is 0 Å². The summed E-state index contributed by atoms with van der Waals surface area (Å²) in [5.74, 6) is 0.826. The highest BCUT2D eigenvalue weighted by Crippen LogP contribution is 2.38. The molecule has 21 heavy (non-hydrogen) atoms. The van der Waals surface area contributed by atoms with Crippen molar-refractivity contribution in [3.8, 4) is 0 Å². The van der Waals surface area contributed by atoms with Crippen molar-refractivity contribution < 1.29 is 13.2 Å². The largest absolute Gasteiger partial charge is 0.383 e. The second-order valence-electron chi connectivity index (χ2n) is 5.49. The van der Waals surface area contributed by atoms with Crippen molar-refractivity contribution >= 4 is 33.0 Å². The Hall–Kier alpha value is -0.140. The second kappa shape index (κ2) is 6.96. The van der Waals surface area contributed by atoms with Crippen molar-refractivity contribution in [2.45, 2.75) is 42.8 Å². The third-order valence-corrected chi connectivity index (χ3v) is 8.05. The molecule has 1 unspecified atom stereocenters. The summed E-state index contributed by atoms with van der Waals surface area (Å²) < 4.78 is 32.9. The van der Waals surface area contributed by atoms with Gasteiger partial charge in [-0.15, -0.1) is 22.9 Å². The summed E-state index contributed by atoms with van der Waals surface area (Å²) in [5.41, 5.74) is 0.944. The van der Waals surface area contributed by atoms with Crippen LogP contribution in [0.3, 0.4) is 0 Å². The van der Waals surface area contributed by atoms with Crippen LogP contribution < -0.4 is 0 Å². The van der Waals surface area contributed by atoms with E-state index in [0.29, 0.717) is 29.2 Å². The summed E-state index contributed by atoms with van der Waals surface area (Å²) in [5, 5.41) is 0. The Morgan fingerprint density at radius 1 is 1.52 bits per heavy atom. The first-order valence-corrected chi connectivity index (χ1v) is 9.87. The van der Waals surface area contributed by atoms with E-state index in [4.69, 9.17) is 16.3 Å². The molecule has 1 saturated carbocycles. The van der Waals surface area contributed by atoms with Crippen LogP contribution in [0.15, 0.2) is 10.3 Å². The summed E-state index contributed by atoms with van der Waals surface area (Å²) >= 11 is 7.14.